The first-order chi connectivity index (χ1) is 15.5. The number of carbonyl (C=O) groups excluding carboxylic acids is 1. The van der Waals surface area contributed by atoms with Crippen LogP contribution in [-0.2, 0) is 15.7 Å². The molecule has 170 valence electrons. The van der Waals surface area contributed by atoms with Crippen molar-refractivity contribution < 1.29 is 4.79 Å². The molecule has 0 bridgehead atoms. The monoisotopic (exact) mass is 459 g/mol. The SMILES string of the molecule is CN1C(=N)N[C@](C)(c2cc(C3C=NC=C(C#N)C3)cs2)[C@H](c2ccc(C(C)(C)C)cc2)C1=O. The number of rotatable bonds is 3. The fourth-order valence-electron chi connectivity index (χ4n) is 4.48. The summed E-state index contributed by atoms with van der Waals surface area (Å²) in [4.78, 5) is 20.1. The Morgan fingerprint density at radius 2 is 1.97 bits per heavy atom. The first-order valence-electron chi connectivity index (χ1n) is 11.0. The van der Waals surface area contributed by atoms with Gasteiger partial charge in [0.15, 0.2) is 5.96 Å². The number of allylic oxidation sites excluding steroid dienone is 1. The number of thiophene rings is 1. The van der Waals surface area contributed by atoms with Crippen molar-refractivity contribution in [2.75, 3.05) is 7.05 Å². The second-order valence-electron chi connectivity index (χ2n) is 10.00. The molecule has 2 aromatic rings. The van der Waals surface area contributed by atoms with Crippen LogP contribution in [0.3, 0.4) is 0 Å². The van der Waals surface area contributed by atoms with Gasteiger partial charge in [-0.25, -0.2) is 0 Å². The molecular formula is C26H29N5OS. The van der Waals surface area contributed by atoms with E-state index in [1.165, 1.54) is 10.5 Å². The summed E-state index contributed by atoms with van der Waals surface area (Å²) in [5.41, 5.74) is 3.12. The van der Waals surface area contributed by atoms with E-state index in [1.807, 2.05) is 25.3 Å². The van der Waals surface area contributed by atoms with Gasteiger partial charge in [0.1, 0.15) is 0 Å². The first-order valence-corrected chi connectivity index (χ1v) is 11.9. The third kappa shape index (κ3) is 4.11. The lowest BCUT2D eigenvalue weighted by atomic mass is 9.75. The Bertz CT molecular complexity index is 1190. The van der Waals surface area contributed by atoms with Crippen LogP contribution in [0.5, 0.6) is 0 Å². The molecule has 2 aliphatic heterocycles. The summed E-state index contributed by atoms with van der Waals surface area (Å²) in [6.45, 7) is 8.51. The molecule has 1 aromatic carbocycles. The lowest BCUT2D eigenvalue weighted by Gasteiger charge is -2.45. The van der Waals surface area contributed by atoms with Crippen LogP contribution in [0.15, 0.2) is 52.5 Å². The zero-order valence-corrected chi connectivity index (χ0v) is 20.5. The number of hydrogen-bond acceptors (Lipinski definition) is 5. The molecule has 6 nitrogen and oxygen atoms in total. The Balaban J connectivity index is 1.73. The van der Waals surface area contributed by atoms with Gasteiger partial charge in [-0.15, -0.1) is 11.3 Å². The number of amides is 1. The molecule has 3 heterocycles. The summed E-state index contributed by atoms with van der Waals surface area (Å²) >= 11 is 1.57. The van der Waals surface area contributed by atoms with Gasteiger partial charge in [-0.1, -0.05) is 45.0 Å². The second kappa shape index (κ2) is 8.27. The molecule has 1 amide bonds. The van der Waals surface area contributed by atoms with Crippen molar-refractivity contribution in [2.45, 2.75) is 56.9 Å². The summed E-state index contributed by atoms with van der Waals surface area (Å²) in [5.74, 6) is -0.460. The third-order valence-electron chi connectivity index (χ3n) is 6.62. The number of benzene rings is 1. The Labute approximate surface area is 199 Å². The minimum absolute atomic E-state index is 0.0243. The third-order valence-corrected chi connectivity index (χ3v) is 7.80. The number of likely N-dealkylation sites (N-methyl/N-ethyl adjacent to an activating group) is 1. The predicted octanol–water partition coefficient (Wildman–Crippen LogP) is 5.01. The van der Waals surface area contributed by atoms with Crippen LogP contribution in [-0.4, -0.2) is 30.0 Å². The number of nitrogens with one attached hydrogen (secondary N) is 2. The number of nitriles is 1. The maximum Gasteiger partial charge on any atom is 0.239 e. The van der Waals surface area contributed by atoms with Gasteiger partial charge in [-0.05, 0) is 46.9 Å². The summed E-state index contributed by atoms with van der Waals surface area (Å²) < 4.78 is 0. The van der Waals surface area contributed by atoms with Gasteiger partial charge in [-0.3, -0.25) is 20.1 Å². The number of aliphatic imine (C=N–C) groups is 1. The van der Waals surface area contributed by atoms with Crippen LogP contribution in [0.4, 0.5) is 0 Å². The van der Waals surface area contributed by atoms with E-state index in [-0.39, 0.29) is 23.2 Å². The van der Waals surface area contributed by atoms with E-state index in [1.54, 1.807) is 24.6 Å². The lowest BCUT2D eigenvalue weighted by molar-refractivity contribution is -0.131. The molecule has 2 N–H and O–H groups in total. The topological polar surface area (TPSA) is 92.3 Å². The standard InChI is InChI=1S/C26H29N5OS/c1-25(2,3)20-8-6-17(7-9-20)22-23(32)31(5)24(28)30-26(22,4)21-11-19(15-33-21)18-10-16(12-27)13-29-14-18/h6-9,11,13-15,18,22H,10H2,1-5H3,(H2,28,30)/t18?,22-,26-/m1/s1. The highest BCUT2D eigenvalue weighted by atomic mass is 32.1. The highest BCUT2D eigenvalue weighted by Gasteiger charge is 2.49. The largest absolute Gasteiger partial charge is 0.345 e. The van der Waals surface area contributed by atoms with Gasteiger partial charge in [0, 0.05) is 35.8 Å². The molecule has 0 saturated carbocycles. The Morgan fingerprint density at radius 1 is 1.27 bits per heavy atom. The van der Waals surface area contributed by atoms with Crippen molar-refractivity contribution >= 4 is 29.4 Å². The highest BCUT2D eigenvalue weighted by molar-refractivity contribution is 7.10. The van der Waals surface area contributed by atoms with E-state index in [2.05, 4.69) is 60.7 Å². The molecule has 0 radical (unpaired) electrons. The first kappa shape index (κ1) is 22.9. The average Bonchev–Trinajstić information content (AvgIpc) is 3.29. The van der Waals surface area contributed by atoms with Crippen molar-refractivity contribution in [3.05, 3.63) is 69.1 Å². The summed E-state index contributed by atoms with van der Waals surface area (Å²) in [6.07, 6.45) is 4.10. The van der Waals surface area contributed by atoms with E-state index in [9.17, 15) is 10.1 Å². The van der Waals surface area contributed by atoms with Gasteiger partial charge >= 0.3 is 0 Å². The Hall–Kier alpha value is -3.24. The van der Waals surface area contributed by atoms with E-state index in [0.717, 1.165) is 16.0 Å². The van der Waals surface area contributed by atoms with Crippen molar-refractivity contribution in [1.29, 1.82) is 10.7 Å². The maximum atomic E-state index is 13.5. The van der Waals surface area contributed by atoms with Gasteiger partial charge < -0.3 is 5.32 Å². The predicted molar refractivity (Wildman–Crippen MR) is 133 cm³/mol. The molecule has 7 heteroatoms. The zero-order valence-electron chi connectivity index (χ0n) is 19.6. The molecule has 1 unspecified atom stereocenters. The Kier molecular flexibility index (Phi) is 5.75. The van der Waals surface area contributed by atoms with Crippen LogP contribution < -0.4 is 5.32 Å². The van der Waals surface area contributed by atoms with Crippen LogP contribution in [0, 0.1) is 16.7 Å². The Morgan fingerprint density at radius 3 is 2.61 bits per heavy atom. The van der Waals surface area contributed by atoms with Crippen LogP contribution in [0.1, 0.15) is 67.5 Å². The quantitative estimate of drug-likeness (QED) is 0.676. The summed E-state index contributed by atoms with van der Waals surface area (Å²) in [6, 6.07) is 12.6. The molecular weight excluding hydrogens is 430 g/mol. The van der Waals surface area contributed by atoms with Gasteiger partial charge in [0.05, 0.1) is 17.5 Å². The van der Waals surface area contributed by atoms with E-state index in [0.29, 0.717) is 12.0 Å². The fraction of sp³-hybridized carbons (Fsp3) is 0.385. The van der Waals surface area contributed by atoms with Crippen LogP contribution >= 0.6 is 11.3 Å². The number of nitrogens with zero attached hydrogens (tertiary/aromatic N) is 3. The fourth-order valence-corrected chi connectivity index (χ4v) is 5.61. The smallest absolute Gasteiger partial charge is 0.239 e. The van der Waals surface area contributed by atoms with Gasteiger partial charge in [0.2, 0.25) is 5.91 Å². The van der Waals surface area contributed by atoms with Gasteiger partial charge in [-0.2, -0.15) is 5.26 Å². The molecule has 4 rings (SSSR count). The molecule has 0 aliphatic carbocycles. The number of carbonyl (C=O) groups is 1. The van der Waals surface area contributed by atoms with Crippen molar-refractivity contribution in [2.24, 2.45) is 4.99 Å². The van der Waals surface area contributed by atoms with Crippen molar-refractivity contribution in [3.63, 3.8) is 0 Å². The molecule has 2 aliphatic rings. The lowest BCUT2D eigenvalue weighted by Crippen LogP contribution is -2.62. The molecule has 0 spiro atoms. The minimum atomic E-state index is -0.771. The molecule has 1 fully saturated rings. The van der Waals surface area contributed by atoms with Crippen molar-refractivity contribution in [3.8, 4) is 6.07 Å². The van der Waals surface area contributed by atoms with Crippen molar-refractivity contribution in [1.82, 2.24) is 10.2 Å². The minimum Gasteiger partial charge on any atom is -0.345 e. The molecule has 1 saturated heterocycles. The number of guanidine groups is 1. The van der Waals surface area contributed by atoms with Crippen LogP contribution in [0.2, 0.25) is 0 Å². The molecule has 1 aromatic heterocycles. The van der Waals surface area contributed by atoms with Gasteiger partial charge in [0.25, 0.3) is 0 Å². The van der Waals surface area contributed by atoms with E-state index in [4.69, 9.17) is 5.41 Å². The average molecular weight is 460 g/mol. The number of hydrogen-bond donors (Lipinski definition) is 2. The normalized spacial score (nSPS) is 25.5. The highest BCUT2D eigenvalue weighted by Crippen LogP contribution is 2.44. The summed E-state index contributed by atoms with van der Waals surface area (Å²) in [5, 5.41) is 23.0. The summed E-state index contributed by atoms with van der Waals surface area (Å²) in [7, 11) is 1.64. The maximum absolute atomic E-state index is 13.5. The molecule has 3 atom stereocenters. The van der Waals surface area contributed by atoms with E-state index < -0.39 is 11.5 Å². The molecule has 33 heavy (non-hydrogen) atoms. The van der Waals surface area contributed by atoms with Crippen LogP contribution in [0.25, 0.3) is 0 Å². The second-order valence-corrected chi connectivity index (χ2v) is 10.9. The zero-order chi connectivity index (χ0) is 24.0. The van der Waals surface area contributed by atoms with E-state index >= 15 is 0 Å².